The highest BCUT2D eigenvalue weighted by Crippen LogP contribution is 2.54. The predicted molar refractivity (Wildman–Crippen MR) is 132 cm³/mol. The molecule has 0 bridgehead atoms. The summed E-state index contributed by atoms with van der Waals surface area (Å²) in [4.78, 5) is 19.6. The molecule has 3 aromatic rings. The van der Waals surface area contributed by atoms with E-state index in [0.29, 0.717) is 18.8 Å². The number of carbonyl (C=O) groups excluding carboxylic acids is 1. The van der Waals surface area contributed by atoms with Crippen LogP contribution in [0.25, 0.3) is 11.1 Å². The molecule has 1 aliphatic carbocycles. The average Bonchev–Trinajstić information content (AvgIpc) is 3.66. The second-order valence-electron chi connectivity index (χ2n) is 9.46. The van der Waals surface area contributed by atoms with Crippen LogP contribution in [-0.2, 0) is 15.9 Å². The summed E-state index contributed by atoms with van der Waals surface area (Å²) < 4.78 is 11.5. The normalized spacial score (nSPS) is 21.0. The van der Waals surface area contributed by atoms with Gasteiger partial charge in [-0.15, -0.1) is 0 Å². The topological polar surface area (TPSA) is 51.7 Å². The van der Waals surface area contributed by atoms with Crippen LogP contribution < -0.4 is 4.74 Å². The number of benzene rings is 2. The smallest absolute Gasteiger partial charge is 0.411 e. The molecule has 174 valence electrons. The van der Waals surface area contributed by atoms with Crippen molar-refractivity contribution < 1.29 is 14.3 Å². The lowest BCUT2D eigenvalue weighted by atomic mass is 9.83. The van der Waals surface area contributed by atoms with Crippen LogP contribution in [0.2, 0.25) is 0 Å². The molecule has 2 aromatic carbocycles. The van der Waals surface area contributed by atoms with Gasteiger partial charge in [-0.05, 0) is 48.1 Å². The van der Waals surface area contributed by atoms with Gasteiger partial charge in [0, 0.05) is 31.6 Å². The molecule has 34 heavy (non-hydrogen) atoms. The fourth-order valence-electron chi connectivity index (χ4n) is 5.21. The van der Waals surface area contributed by atoms with Gasteiger partial charge in [0.15, 0.2) is 0 Å². The SMILES string of the molecule is C=C(C)CC1(c2ccccc2)CCN(C2(c3ccc(-c4ccnc(OC)c4)cc3)CC2)C(=O)O1. The molecule has 2 aliphatic rings. The van der Waals surface area contributed by atoms with Crippen LogP contribution in [0.5, 0.6) is 5.88 Å². The summed E-state index contributed by atoms with van der Waals surface area (Å²) in [6, 6.07) is 22.5. The van der Waals surface area contributed by atoms with Gasteiger partial charge in [0.25, 0.3) is 0 Å². The molecule has 5 rings (SSSR count). The minimum Gasteiger partial charge on any atom is -0.481 e. The van der Waals surface area contributed by atoms with E-state index in [-0.39, 0.29) is 11.6 Å². The fourth-order valence-corrected chi connectivity index (χ4v) is 5.21. The van der Waals surface area contributed by atoms with Crippen molar-refractivity contribution in [1.82, 2.24) is 9.88 Å². The summed E-state index contributed by atoms with van der Waals surface area (Å²) in [5.74, 6) is 0.591. The number of pyridine rings is 1. The Kier molecular flexibility index (Phi) is 5.64. The zero-order valence-electron chi connectivity index (χ0n) is 19.8. The third-order valence-corrected chi connectivity index (χ3v) is 7.07. The summed E-state index contributed by atoms with van der Waals surface area (Å²) in [6.45, 7) is 6.75. The van der Waals surface area contributed by atoms with Crippen LogP contribution in [0.15, 0.2) is 85.1 Å². The van der Waals surface area contributed by atoms with E-state index in [2.05, 4.69) is 35.8 Å². The van der Waals surface area contributed by atoms with Crippen molar-refractivity contribution in [2.75, 3.05) is 13.7 Å². The molecule has 5 nitrogen and oxygen atoms in total. The maximum Gasteiger partial charge on any atom is 0.411 e. The van der Waals surface area contributed by atoms with Crippen molar-refractivity contribution in [3.05, 3.63) is 96.2 Å². The number of nitrogens with zero attached hydrogens (tertiary/aromatic N) is 2. The monoisotopic (exact) mass is 454 g/mol. The molecular formula is C29H30N2O3. The van der Waals surface area contributed by atoms with Crippen molar-refractivity contribution in [3.8, 4) is 17.0 Å². The van der Waals surface area contributed by atoms with E-state index in [9.17, 15) is 4.79 Å². The molecular weight excluding hydrogens is 424 g/mol. The molecule has 1 amide bonds. The molecule has 0 spiro atoms. The Balaban J connectivity index is 1.38. The lowest BCUT2D eigenvalue weighted by Crippen LogP contribution is -2.52. The number of amides is 1. The maximum atomic E-state index is 13.4. The largest absolute Gasteiger partial charge is 0.481 e. The van der Waals surface area contributed by atoms with Crippen molar-refractivity contribution in [1.29, 1.82) is 0 Å². The first-order chi connectivity index (χ1) is 16.5. The number of hydrogen-bond donors (Lipinski definition) is 0. The van der Waals surface area contributed by atoms with Crippen molar-refractivity contribution >= 4 is 6.09 Å². The molecule has 1 aromatic heterocycles. The predicted octanol–water partition coefficient (Wildman–Crippen LogP) is 6.45. The molecule has 5 heteroatoms. The minimum atomic E-state index is -0.652. The highest BCUT2D eigenvalue weighted by molar-refractivity contribution is 5.72. The Labute approximate surface area is 201 Å². The summed E-state index contributed by atoms with van der Waals surface area (Å²) >= 11 is 0. The van der Waals surface area contributed by atoms with Gasteiger partial charge in [0.05, 0.1) is 12.6 Å². The quantitative estimate of drug-likeness (QED) is 0.385. The third-order valence-electron chi connectivity index (χ3n) is 7.07. The van der Waals surface area contributed by atoms with Gasteiger partial charge in [-0.3, -0.25) is 4.90 Å². The van der Waals surface area contributed by atoms with E-state index in [0.717, 1.165) is 47.1 Å². The van der Waals surface area contributed by atoms with Gasteiger partial charge in [-0.1, -0.05) is 66.7 Å². The lowest BCUT2D eigenvalue weighted by Gasteiger charge is -2.44. The Morgan fingerprint density at radius 3 is 2.38 bits per heavy atom. The Morgan fingerprint density at radius 2 is 1.76 bits per heavy atom. The molecule has 2 heterocycles. The van der Waals surface area contributed by atoms with Crippen molar-refractivity contribution in [2.24, 2.45) is 0 Å². The van der Waals surface area contributed by atoms with E-state index in [1.54, 1.807) is 13.3 Å². The van der Waals surface area contributed by atoms with Crippen LogP contribution in [0, 0.1) is 0 Å². The zero-order chi connectivity index (χ0) is 23.8. The van der Waals surface area contributed by atoms with Gasteiger partial charge in [-0.25, -0.2) is 9.78 Å². The van der Waals surface area contributed by atoms with Gasteiger partial charge >= 0.3 is 6.09 Å². The standard InChI is InChI=1S/C29H30N2O3/c1-21(2)20-29(25-7-5-4-6-8-25)16-18-31(27(32)34-29)28(14-15-28)24-11-9-22(10-12-24)23-13-17-30-26(19-23)33-3/h4-13,17,19H,1,14-16,18,20H2,2-3H3. The Morgan fingerprint density at radius 1 is 1.03 bits per heavy atom. The highest BCUT2D eigenvalue weighted by Gasteiger charge is 2.55. The second kappa shape index (κ2) is 8.64. The molecule has 0 radical (unpaired) electrons. The van der Waals surface area contributed by atoms with Gasteiger partial charge in [-0.2, -0.15) is 0 Å². The van der Waals surface area contributed by atoms with E-state index in [4.69, 9.17) is 9.47 Å². The van der Waals surface area contributed by atoms with Crippen LogP contribution in [0.4, 0.5) is 4.79 Å². The second-order valence-corrected chi connectivity index (χ2v) is 9.46. The summed E-state index contributed by atoms with van der Waals surface area (Å²) in [5, 5.41) is 0. The summed E-state index contributed by atoms with van der Waals surface area (Å²) in [7, 11) is 1.62. The molecule has 1 unspecified atom stereocenters. The van der Waals surface area contributed by atoms with E-state index in [1.807, 2.05) is 54.3 Å². The molecule has 1 saturated carbocycles. The third kappa shape index (κ3) is 3.96. The molecule has 1 aliphatic heterocycles. The van der Waals surface area contributed by atoms with Gasteiger partial charge in [0.2, 0.25) is 5.88 Å². The van der Waals surface area contributed by atoms with Gasteiger partial charge < -0.3 is 9.47 Å². The van der Waals surface area contributed by atoms with Crippen LogP contribution in [0.3, 0.4) is 0 Å². The number of ether oxygens (including phenoxy) is 2. The maximum absolute atomic E-state index is 13.4. The number of carbonyl (C=O) groups is 1. The zero-order valence-corrected chi connectivity index (χ0v) is 19.8. The van der Waals surface area contributed by atoms with E-state index in [1.165, 1.54) is 0 Å². The number of aromatic nitrogens is 1. The van der Waals surface area contributed by atoms with Gasteiger partial charge in [0.1, 0.15) is 5.60 Å². The molecule has 2 fully saturated rings. The molecule has 1 atom stereocenters. The first-order valence-corrected chi connectivity index (χ1v) is 11.8. The lowest BCUT2D eigenvalue weighted by molar-refractivity contribution is -0.0652. The van der Waals surface area contributed by atoms with Crippen LogP contribution in [0.1, 0.15) is 43.7 Å². The number of rotatable bonds is 7. The Hall–Kier alpha value is -3.60. The highest BCUT2D eigenvalue weighted by atomic mass is 16.6. The first-order valence-electron chi connectivity index (χ1n) is 11.8. The first kappa shape index (κ1) is 22.2. The number of cyclic esters (lactones) is 1. The van der Waals surface area contributed by atoms with Crippen molar-refractivity contribution in [2.45, 2.75) is 43.7 Å². The molecule has 0 N–H and O–H groups in total. The van der Waals surface area contributed by atoms with Crippen molar-refractivity contribution in [3.63, 3.8) is 0 Å². The fraction of sp³-hybridized carbons (Fsp3) is 0.310. The van der Waals surface area contributed by atoms with E-state index < -0.39 is 5.60 Å². The van der Waals surface area contributed by atoms with Crippen LogP contribution in [-0.4, -0.2) is 29.6 Å². The molecule has 1 saturated heterocycles. The Bertz CT molecular complexity index is 1200. The minimum absolute atomic E-state index is 0.239. The summed E-state index contributed by atoms with van der Waals surface area (Å²) in [5.41, 5.74) is 4.40. The van der Waals surface area contributed by atoms with Crippen LogP contribution >= 0.6 is 0 Å². The van der Waals surface area contributed by atoms with E-state index >= 15 is 0 Å². The summed E-state index contributed by atoms with van der Waals surface area (Å²) in [6.07, 6.45) is 4.78. The number of hydrogen-bond acceptors (Lipinski definition) is 4. The average molecular weight is 455 g/mol. The number of methoxy groups -OCH3 is 1.